The van der Waals surface area contributed by atoms with Gasteiger partial charge < -0.3 is 19.4 Å². The molecular weight excluding hydrogens is 499 g/mol. The largest absolute Gasteiger partial charge is 0.440 e. The zero-order valence-electron chi connectivity index (χ0n) is 20.4. The molecule has 2 atom stereocenters. The van der Waals surface area contributed by atoms with Gasteiger partial charge in [0.05, 0.1) is 6.04 Å². The van der Waals surface area contributed by atoms with Crippen molar-refractivity contribution in [2.45, 2.75) is 50.7 Å². The van der Waals surface area contributed by atoms with Crippen LogP contribution in [0.2, 0.25) is 5.02 Å². The van der Waals surface area contributed by atoms with E-state index in [0.29, 0.717) is 37.5 Å². The maximum Gasteiger partial charge on any atom is 0.422 e. The summed E-state index contributed by atoms with van der Waals surface area (Å²) in [5.74, 6) is -0.450. The minimum Gasteiger partial charge on any atom is -0.440 e. The summed E-state index contributed by atoms with van der Waals surface area (Å²) < 4.78 is 42.2. The second kappa shape index (κ2) is 10.1. The topological polar surface area (TPSA) is 70.2 Å². The lowest BCUT2D eigenvalue weighted by Gasteiger charge is -2.34. The zero-order valence-corrected chi connectivity index (χ0v) is 21.1. The molecule has 1 saturated carbocycles. The number of nitrogens with zero attached hydrogens (tertiary/aromatic N) is 3. The van der Waals surface area contributed by atoms with Gasteiger partial charge in [-0.2, -0.15) is 13.2 Å². The molecule has 1 aromatic carbocycles. The van der Waals surface area contributed by atoms with Crippen LogP contribution in [-0.4, -0.2) is 84.7 Å². The Labute approximate surface area is 213 Å². The van der Waals surface area contributed by atoms with E-state index < -0.39 is 24.9 Å². The molecule has 0 unspecified atom stereocenters. The number of likely N-dealkylation sites (N-methyl/N-ethyl adjacent to an activating group) is 1. The fraction of sp³-hybridized carbons (Fsp3) is 0.640. The highest BCUT2D eigenvalue weighted by Gasteiger charge is 2.48. The lowest BCUT2D eigenvalue weighted by Crippen LogP contribution is -2.46. The van der Waals surface area contributed by atoms with Gasteiger partial charge in [-0.1, -0.05) is 30.7 Å². The second-order valence-electron chi connectivity index (χ2n) is 10.4. The average Bonchev–Trinajstić information content (AvgIpc) is 3.45. The molecule has 36 heavy (non-hydrogen) atoms. The molecule has 0 N–H and O–H groups in total. The molecule has 3 amide bonds. The van der Waals surface area contributed by atoms with E-state index in [1.807, 2.05) is 11.8 Å². The Kier molecular flexibility index (Phi) is 7.46. The van der Waals surface area contributed by atoms with Crippen LogP contribution in [0.25, 0.3) is 0 Å². The van der Waals surface area contributed by atoms with E-state index in [-0.39, 0.29) is 35.6 Å². The molecule has 3 fully saturated rings. The van der Waals surface area contributed by atoms with Gasteiger partial charge in [-0.25, -0.2) is 4.79 Å². The predicted molar refractivity (Wildman–Crippen MR) is 126 cm³/mol. The number of hydrogen-bond acceptors (Lipinski definition) is 4. The molecule has 198 valence electrons. The number of halogens is 4. The Morgan fingerprint density at radius 1 is 1.08 bits per heavy atom. The van der Waals surface area contributed by atoms with Gasteiger partial charge in [0.15, 0.2) is 6.61 Å². The van der Waals surface area contributed by atoms with Crippen molar-refractivity contribution in [2.75, 3.05) is 39.8 Å². The van der Waals surface area contributed by atoms with Gasteiger partial charge in [-0.3, -0.25) is 9.59 Å². The van der Waals surface area contributed by atoms with Crippen LogP contribution in [0.4, 0.5) is 18.0 Å². The van der Waals surface area contributed by atoms with Crippen LogP contribution in [0.3, 0.4) is 0 Å². The maximum absolute atomic E-state index is 13.4. The van der Waals surface area contributed by atoms with Gasteiger partial charge >= 0.3 is 12.3 Å². The van der Waals surface area contributed by atoms with Gasteiger partial charge in [-0.05, 0) is 43.4 Å². The monoisotopic (exact) mass is 529 g/mol. The first-order valence-corrected chi connectivity index (χ1v) is 12.6. The summed E-state index contributed by atoms with van der Waals surface area (Å²) in [7, 11) is 1.39. The molecule has 3 aliphatic rings. The Hall–Kier alpha value is -2.49. The molecule has 2 heterocycles. The lowest BCUT2D eigenvalue weighted by molar-refractivity contribution is -0.162. The standard InChI is InChI=1S/C25H31ClF3N3O4/c1-24(9-10-24)22(34)31-11-7-17(8-12-31)21(33)32-13-19(16-3-5-18(26)6-4-16)20(14-32)30(2)23(35)36-15-25(27,28)29/h3-6,17,19-20H,7-15H2,1-2H3/t19-,20+/m0/s1. The Morgan fingerprint density at radius 2 is 1.69 bits per heavy atom. The first-order chi connectivity index (χ1) is 16.9. The smallest absolute Gasteiger partial charge is 0.422 e. The minimum absolute atomic E-state index is 0.0572. The second-order valence-corrected chi connectivity index (χ2v) is 10.8. The normalized spacial score (nSPS) is 23.9. The fourth-order valence-corrected chi connectivity index (χ4v) is 5.27. The lowest BCUT2D eigenvalue weighted by atomic mass is 9.93. The van der Waals surface area contributed by atoms with E-state index >= 15 is 0 Å². The van der Waals surface area contributed by atoms with E-state index in [0.717, 1.165) is 23.3 Å². The Balaban J connectivity index is 1.43. The summed E-state index contributed by atoms with van der Waals surface area (Å²) in [6.45, 7) is 1.87. The van der Waals surface area contributed by atoms with Crippen molar-refractivity contribution < 1.29 is 32.3 Å². The van der Waals surface area contributed by atoms with Crippen LogP contribution in [0.5, 0.6) is 0 Å². The number of amides is 3. The number of piperidine rings is 1. The van der Waals surface area contributed by atoms with Crippen molar-refractivity contribution in [3.63, 3.8) is 0 Å². The molecule has 2 saturated heterocycles. The molecular formula is C25H31ClF3N3O4. The van der Waals surface area contributed by atoms with Crippen molar-refractivity contribution in [2.24, 2.45) is 11.3 Å². The van der Waals surface area contributed by atoms with Crippen molar-refractivity contribution in [1.29, 1.82) is 0 Å². The fourth-order valence-electron chi connectivity index (χ4n) is 5.15. The zero-order chi connectivity index (χ0) is 26.3. The molecule has 0 bridgehead atoms. The summed E-state index contributed by atoms with van der Waals surface area (Å²) in [6.07, 6.45) is -2.77. The van der Waals surface area contributed by atoms with E-state index in [1.54, 1.807) is 29.2 Å². The number of likely N-dealkylation sites (tertiary alicyclic amines) is 2. The summed E-state index contributed by atoms with van der Waals surface area (Å²) in [4.78, 5) is 43.2. The maximum atomic E-state index is 13.4. The molecule has 11 heteroatoms. The molecule has 0 radical (unpaired) electrons. The van der Waals surface area contributed by atoms with E-state index in [4.69, 9.17) is 11.6 Å². The van der Waals surface area contributed by atoms with Gasteiger partial charge in [0.25, 0.3) is 0 Å². The molecule has 7 nitrogen and oxygen atoms in total. The summed E-state index contributed by atoms with van der Waals surface area (Å²) in [5, 5.41) is 0.528. The number of carbonyl (C=O) groups excluding carboxylic acids is 3. The number of benzene rings is 1. The molecule has 0 spiro atoms. The highest BCUT2D eigenvalue weighted by Crippen LogP contribution is 2.47. The SMILES string of the molecule is CN(C(=O)OCC(F)(F)F)[C@@H]1CN(C(=O)C2CCN(C(=O)C3(C)CC3)CC2)C[C@H]1c1ccc(Cl)cc1. The third kappa shape index (κ3) is 5.90. The van der Waals surface area contributed by atoms with Gasteiger partial charge in [0.1, 0.15) is 0 Å². The summed E-state index contributed by atoms with van der Waals surface area (Å²) in [6, 6.07) is 6.44. The van der Waals surface area contributed by atoms with E-state index in [1.165, 1.54) is 7.05 Å². The van der Waals surface area contributed by atoms with Crippen LogP contribution in [0, 0.1) is 11.3 Å². The number of ether oxygens (including phenoxy) is 1. The van der Waals surface area contributed by atoms with Crippen LogP contribution in [-0.2, 0) is 14.3 Å². The van der Waals surface area contributed by atoms with Crippen LogP contribution in [0.15, 0.2) is 24.3 Å². The van der Waals surface area contributed by atoms with Crippen molar-refractivity contribution in [1.82, 2.24) is 14.7 Å². The third-order valence-electron chi connectivity index (χ3n) is 7.69. The summed E-state index contributed by atoms with van der Waals surface area (Å²) >= 11 is 6.01. The molecule has 0 aromatic heterocycles. The Morgan fingerprint density at radius 3 is 2.25 bits per heavy atom. The number of carbonyl (C=O) groups is 3. The Bertz CT molecular complexity index is 991. The number of alkyl halides is 3. The molecule has 1 aliphatic carbocycles. The predicted octanol–water partition coefficient (Wildman–Crippen LogP) is 4.30. The number of rotatable bonds is 5. The van der Waals surface area contributed by atoms with Crippen molar-refractivity contribution >= 4 is 29.5 Å². The van der Waals surface area contributed by atoms with Gasteiger partial charge in [-0.15, -0.1) is 0 Å². The quantitative estimate of drug-likeness (QED) is 0.570. The molecule has 4 rings (SSSR count). The summed E-state index contributed by atoms with van der Waals surface area (Å²) in [5.41, 5.74) is 0.587. The molecule has 1 aromatic rings. The van der Waals surface area contributed by atoms with E-state index in [9.17, 15) is 27.6 Å². The first kappa shape index (κ1) is 26.6. The minimum atomic E-state index is -4.63. The van der Waals surface area contributed by atoms with Crippen molar-refractivity contribution in [3.05, 3.63) is 34.9 Å². The first-order valence-electron chi connectivity index (χ1n) is 12.2. The van der Waals surface area contributed by atoms with Crippen molar-refractivity contribution in [3.8, 4) is 0 Å². The molecule has 2 aliphatic heterocycles. The van der Waals surface area contributed by atoms with Crippen LogP contribution in [0.1, 0.15) is 44.1 Å². The van der Waals surface area contributed by atoms with Gasteiger partial charge in [0.2, 0.25) is 11.8 Å². The highest BCUT2D eigenvalue weighted by molar-refractivity contribution is 6.30. The third-order valence-corrected chi connectivity index (χ3v) is 7.94. The van der Waals surface area contributed by atoms with Crippen LogP contribution >= 0.6 is 11.6 Å². The van der Waals surface area contributed by atoms with Gasteiger partial charge in [0, 0.05) is 55.5 Å². The van der Waals surface area contributed by atoms with E-state index in [2.05, 4.69) is 4.74 Å². The van der Waals surface area contributed by atoms with Crippen LogP contribution < -0.4 is 0 Å². The number of hydrogen-bond donors (Lipinski definition) is 0. The highest BCUT2D eigenvalue weighted by atomic mass is 35.5. The average molecular weight is 530 g/mol.